The lowest BCUT2D eigenvalue weighted by atomic mass is 9.75. The smallest absolute Gasteiger partial charge is 0.444 e. The van der Waals surface area contributed by atoms with Crippen LogP contribution in [-0.4, -0.2) is 39.7 Å². The highest BCUT2D eigenvalue weighted by Crippen LogP contribution is 2.48. The van der Waals surface area contributed by atoms with Gasteiger partial charge in [0.2, 0.25) is 0 Å². The molecule has 0 unspecified atom stereocenters. The number of rotatable bonds is 3. The number of hydrogen-bond donors (Lipinski definition) is 1. The molecule has 10 heteroatoms. The number of nitrogens with one attached hydrogen (secondary N) is 1. The van der Waals surface area contributed by atoms with Crippen LogP contribution in [0, 0.1) is 0 Å². The van der Waals surface area contributed by atoms with Crippen molar-refractivity contribution < 1.29 is 31.1 Å². The fourth-order valence-corrected chi connectivity index (χ4v) is 5.03. The molecule has 0 aliphatic carbocycles. The second-order valence-corrected chi connectivity index (χ2v) is 9.73. The first-order chi connectivity index (χ1) is 14.6. The summed E-state index contributed by atoms with van der Waals surface area (Å²) < 4.78 is 68.6. The maximum atomic E-state index is 13.1. The summed E-state index contributed by atoms with van der Waals surface area (Å²) in [5.41, 5.74) is -4.38. The van der Waals surface area contributed by atoms with Crippen LogP contribution in [0.1, 0.15) is 24.0 Å². The molecule has 2 aliphatic rings. The Kier molecular flexibility index (Phi) is 5.47. The molecule has 166 valence electrons. The number of carbonyl (C=O) groups excluding carboxylic acids is 1. The number of hydrogen-bond acceptors (Lipinski definition) is 5. The van der Waals surface area contributed by atoms with Gasteiger partial charge in [-0.25, -0.2) is 13.2 Å². The standard InChI is InChI=1S/C21H21F3N2O4S/c22-21(23,24)31(28,29)16-6-7-18-17(12-16)20(8-10-25-11-9-20)14-26(18)19(27)30-13-15-4-2-1-3-5-15/h1-7,12,25H,8-11,13-14H2. The Hall–Kier alpha value is -2.59. The van der Waals surface area contributed by atoms with Gasteiger partial charge in [0.1, 0.15) is 6.61 Å². The number of halogens is 3. The zero-order valence-electron chi connectivity index (χ0n) is 16.5. The molecule has 0 bridgehead atoms. The summed E-state index contributed by atoms with van der Waals surface area (Å²) in [6.45, 7) is 1.51. The minimum Gasteiger partial charge on any atom is -0.444 e. The van der Waals surface area contributed by atoms with Crippen LogP contribution in [0.2, 0.25) is 0 Å². The second kappa shape index (κ2) is 7.83. The molecule has 4 rings (SSSR count). The van der Waals surface area contributed by atoms with Gasteiger partial charge in [0.15, 0.2) is 0 Å². The molecule has 1 fully saturated rings. The molecule has 31 heavy (non-hydrogen) atoms. The number of carbonyl (C=O) groups is 1. The van der Waals surface area contributed by atoms with E-state index in [0.29, 0.717) is 37.2 Å². The first kappa shape index (κ1) is 21.6. The Morgan fingerprint density at radius 2 is 1.77 bits per heavy atom. The number of ether oxygens (including phenoxy) is 1. The topological polar surface area (TPSA) is 75.7 Å². The third-order valence-corrected chi connectivity index (χ3v) is 7.38. The van der Waals surface area contributed by atoms with E-state index in [1.807, 2.05) is 30.3 Å². The number of benzene rings is 2. The minimum atomic E-state index is -5.49. The normalized spacial score (nSPS) is 18.1. The van der Waals surface area contributed by atoms with E-state index in [4.69, 9.17) is 4.74 Å². The van der Waals surface area contributed by atoms with E-state index >= 15 is 0 Å². The fourth-order valence-electron chi connectivity index (χ4n) is 4.24. The van der Waals surface area contributed by atoms with Crippen LogP contribution in [0.25, 0.3) is 0 Å². The number of anilines is 1. The summed E-state index contributed by atoms with van der Waals surface area (Å²) >= 11 is 0. The first-order valence-corrected chi connectivity index (χ1v) is 11.3. The van der Waals surface area contributed by atoms with Crippen molar-refractivity contribution >= 4 is 21.6 Å². The summed E-state index contributed by atoms with van der Waals surface area (Å²) in [5.74, 6) is 0. The van der Waals surface area contributed by atoms with Crippen LogP contribution >= 0.6 is 0 Å². The van der Waals surface area contributed by atoms with Gasteiger partial charge in [-0.1, -0.05) is 30.3 Å². The monoisotopic (exact) mass is 454 g/mol. The van der Waals surface area contributed by atoms with E-state index < -0.39 is 31.7 Å². The summed E-state index contributed by atoms with van der Waals surface area (Å²) in [4.78, 5) is 13.4. The van der Waals surface area contributed by atoms with E-state index in [0.717, 1.165) is 17.7 Å². The molecule has 1 saturated heterocycles. The number of nitrogens with zero attached hydrogens (tertiary/aromatic N) is 1. The molecular formula is C21H21F3N2O4S. The number of sulfone groups is 1. The Labute approximate surface area is 177 Å². The van der Waals surface area contributed by atoms with Crippen molar-refractivity contribution in [2.75, 3.05) is 24.5 Å². The van der Waals surface area contributed by atoms with Crippen molar-refractivity contribution in [2.24, 2.45) is 0 Å². The molecule has 0 atom stereocenters. The lowest BCUT2D eigenvalue weighted by Gasteiger charge is -2.34. The summed E-state index contributed by atoms with van der Waals surface area (Å²) in [6.07, 6.45) is 0.516. The summed E-state index contributed by atoms with van der Waals surface area (Å²) in [7, 11) is -5.49. The molecular weight excluding hydrogens is 433 g/mol. The number of amides is 1. The molecule has 2 aliphatic heterocycles. The van der Waals surface area contributed by atoms with E-state index in [1.54, 1.807) is 0 Å². The van der Waals surface area contributed by atoms with Crippen LogP contribution in [0.4, 0.5) is 23.7 Å². The molecule has 0 radical (unpaired) electrons. The van der Waals surface area contributed by atoms with Gasteiger partial charge in [0, 0.05) is 12.0 Å². The van der Waals surface area contributed by atoms with Crippen LogP contribution in [-0.2, 0) is 26.6 Å². The van der Waals surface area contributed by atoms with E-state index in [2.05, 4.69) is 5.32 Å². The molecule has 0 aromatic heterocycles. The Morgan fingerprint density at radius 3 is 2.42 bits per heavy atom. The molecule has 2 aromatic rings. The number of fused-ring (bicyclic) bond motifs is 2. The largest absolute Gasteiger partial charge is 0.501 e. The van der Waals surface area contributed by atoms with Crippen LogP contribution < -0.4 is 10.2 Å². The van der Waals surface area contributed by atoms with Gasteiger partial charge >= 0.3 is 11.6 Å². The molecule has 0 saturated carbocycles. The highest BCUT2D eigenvalue weighted by molar-refractivity contribution is 7.92. The van der Waals surface area contributed by atoms with Crippen molar-refractivity contribution in [3.8, 4) is 0 Å². The SMILES string of the molecule is O=C(OCc1ccccc1)N1CC2(CCNCC2)c2cc(S(=O)(=O)C(F)(F)F)ccc21. The van der Waals surface area contributed by atoms with Crippen molar-refractivity contribution in [2.45, 2.75) is 35.3 Å². The Morgan fingerprint density at radius 1 is 1.10 bits per heavy atom. The third-order valence-electron chi connectivity index (χ3n) is 5.89. The highest BCUT2D eigenvalue weighted by atomic mass is 32.2. The second-order valence-electron chi connectivity index (χ2n) is 7.78. The third kappa shape index (κ3) is 3.89. The van der Waals surface area contributed by atoms with Crippen molar-refractivity contribution in [1.29, 1.82) is 0 Å². The van der Waals surface area contributed by atoms with Gasteiger partial charge in [0.05, 0.1) is 10.6 Å². The molecule has 2 aromatic carbocycles. The number of alkyl halides is 3. The van der Waals surface area contributed by atoms with Crippen LogP contribution in [0.15, 0.2) is 53.4 Å². The average Bonchev–Trinajstić information content (AvgIpc) is 3.06. The van der Waals surface area contributed by atoms with E-state index in [1.165, 1.54) is 11.0 Å². The first-order valence-electron chi connectivity index (χ1n) is 9.79. The zero-order chi connectivity index (χ0) is 22.3. The average molecular weight is 454 g/mol. The Bertz CT molecular complexity index is 1080. The lowest BCUT2D eigenvalue weighted by molar-refractivity contribution is -0.0436. The molecule has 1 N–H and O–H groups in total. The van der Waals surface area contributed by atoms with Gasteiger partial charge in [-0.2, -0.15) is 13.2 Å². The van der Waals surface area contributed by atoms with Gasteiger partial charge in [-0.3, -0.25) is 4.90 Å². The molecule has 6 nitrogen and oxygen atoms in total. The quantitative estimate of drug-likeness (QED) is 0.765. The minimum absolute atomic E-state index is 0.0561. The Balaban J connectivity index is 1.68. The molecule has 1 amide bonds. The van der Waals surface area contributed by atoms with Gasteiger partial charge in [-0.05, 0) is 55.3 Å². The van der Waals surface area contributed by atoms with Gasteiger partial charge < -0.3 is 10.1 Å². The van der Waals surface area contributed by atoms with Crippen molar-refractivity contribution in [3.05, 3.63) is 59.7 Å². The van der Waals surface area contributed by atoms with E-state index in [9.17, 15) is 26.4 Å². The predicted molar refractivity (Wildman–Crippen MR) is 107 cm³/mol. The highest BCUT2D eigenvalue weighted by Gasteiger charge is 2.50. The van der Waals surface area contributed by atoms with Crippen molar-refractivity contribution in [1.82, 2.24) is 5.32 Å². The van der Waals surface area contributed by atoms with Gasteiger partial charge in [0.25, 0.3) is 9.84 Å². The predicted octanol–water partition coefficient (Wildman–Crippen LogP) is 3.76. The van der Waals surface area contributed by atoms with E-state index in [-0.39, 0.29) is 13.2 Å². The molecule has 2 heterocycles. The van der Waals surface area contributed by atoms with Crippen LogP contribution in [0.5, 0.6) is 0 Å². The maximum absolute atomic E-state index is 13.1. The summed E-state index contributed by atoms with van der Waals surface area (Å²) in [6, 6.07) is 12.4. The fraction of sp³-hybridized carbons (Fsp3) is 0.381. The zero-order valence-corrected chi connectivity index (χ0v) is 17.3. The lowest BCUT2D eigenvalue weighted by Crippen LogP contribution is -2.44. The number of piperidine rings is 1. The summed E-state index contributed by atoms with van der Waals surface area (Å²) in [5, 5.41) is 3.19. The molecule has 1 spiro atoms. The van der Waals surface area contributed by atoms with Gasteiger partial charge in [-0.15, -0.1) is 0 Å². The maximum Gasteiger partial charge on any atom is 0.501 e. The van der Waals surface area contributed by atoms with Crippen LogP contribution in [0.3, 0.4) is 0 Å². The van der Waals surface area contributed by atoms with Crippen molar-refractivity contribution in [3.63, 3.8) is 0 Å².